The fourth-order valence-electron chi connectivity index (χ4n) is 7.20. The molecular weight excluding hydrogens is 420 g/mol. The van der Waals surface area contributed by atoms with E-state index in [2.05, 4.69) is 50.2 Å². The summed E-state index contributed by atoms with van der Waals surface area (Å²) in [6.45, 7) is 7.59. The van der Waals surface area contributed by atoms with E-state index in [-0.39, 0.29) is 11.4 Å². The average Bonchev–Trinajstić information content (AvgIpc) is 3.18. The molecule has 0 bridgehead atoms. The van der Waals surface area contributed by atoms with Gasteiger partial charge in [0, 0.05) is 6.08 Å². The minimum Gasteiger partial charge on any atom is -0.489 e. The number of carbonyl (C=O) groups excluding carboxylic acids is 1. The number of rotatable bonds is 6. The maximum Gasteiger partial charge on any atom is 0.330 e. The molecule has 2 fully saturated rings. The molecule has 3 nitrogen and oxygen atoms in total. The average molecular weight is 459 g/mol. The summed E-state index contributed by atoms with van der Waals surface area (Å²) in [5.41, 5.74) is 7.09. The minimum atomic E-state index is -0.161. The Kier molecular flexibility index (Phi) is 6.55. The third-order valence-electron chi connectivity index (χ3n) is 8.95. The normalized spacial score (nSPS) is 28.7. The van der Waals surface area contributed by atoms with Crippen LogP contribution in [-0.2, 0) is 29.0 Å². The first-order valence-corrected chi connectivity index (χ1v) is 13.2. The molecule has 0 aliphatic heterocycles. The van der Waals surface area contributed by atoms with E-state index in [9.17, 15) is 4.79 Å². The highest BCUT2D eigenvalue weighted by molar-refractivity contribution is 5.83. The molecular formula is C31H38O3. The van der Waals surface area contributed by atoms with Gasteiger partial charge >= 0.3 is 5.97 Å². The van der Waals surface area contributed by atoms with Crippen LogP contribution in [0.1, 0.15) is 81.0 Å². The molecule has 180 valence electrons. The van der Waals surface area contributed by atoms with Crippen molar-refractivity contribution >= 4 is 5.97 Å². The summed E-state index contributed by atoms with van der Waals surface area (Å²) >= 11 is 0. The van der Waals surface area contributed by atoms with Gasteiger partial charge < -0.3 is 9.47 Å². The molecule has 2 aromatic carbocycles. The Morgan fingerprint density at radius 3 is 2.68 bits per heavy atom. The van der Waals surface area contributed by atoms with Crippen molar-refractivity contribution in [1.82, 2.24) is 0 Å². The molecule has 0 heterocycles. The Morgan fingerprint density at radius 1 is 1.09 bits per heavy atom. The maximum atomic E-state index is 12.2. The monoisotopic (exact) mass is 458 g/mol. The van der Waals surface area contributed by atoms with Gasteiger partial charge in [0.15, 0.2) is 0 Å². The van der Waals surface area contributed by atoms with E-state index in [0.29, 0.717) is 31.0 Å². The Labute approximate surface area is 204 Å². The Hall–Kier alpha value is -2.55. The summed E-state index contributed by atoms with van der Waals surface area (Å²) in [7, 11) is 0. The van der Waals surface area contributed by atoms with Crippen LogP contribution in [0.2, 0.25) is 0 Å². The van der Waals surface area contributed by atoms with Crippen molar-refractivity contribution in [3.63, 3.8) is 0 Å². The number of benzene rings is 2. The number of ether oxygens (including phenoxy) is 2. The number of fused-ring (bicyclic) bond motifs is 5. The van der Waals surface area contributed by atoms with Crippen LogP contribution in [0.25, 0.3) is 0 Å². The number of hydrogen-bond acceptors (Lipinski definition) is 3. The third kappa shape index (κ3) is 4.19. The van der Waals surface area contributed by atoms with Gasteiger partial charge in [0.1, 0.15) is 12.4 Å². The smallest absolute Gasteiger partial charge is 0.330 e. The number of hydrogen-bond donors (Lipinski definition) is 0. The zero-order valence-electron chi connectivity index (χ0n) is 20.9. The molecule has 3 heteroatoms. The summed E-state index contributed by atoms with van der Waals surface area (Å²) in [4.78, 5) is 12.2. The van der Waals surface area contributed by atoms with E-state index in [4.69, 9.17) is 9.47 Å². The Bertz CT molecular complexity index is 1070. The lowest BCUT2D eigenvalue weighted by Crippen LogP contribution is -2.40. The predicted octanol–water partition coefficient (Wildman–Crippen LogP) is 7.17. The van der Waals surface area contributed by atoms with E-state index < -0.39 is 0 Å². The van der Waals surface area contributed by atoms with Gasteiger partial charge in [-0.1, -0.05) is 55.8 Å². The Morgan fingerprint density at radius 2 is 1.91 bits per heavy atom. The van der Waals surface area contributed by atoms with Gasteiger partial charge in [-0.2, -0.15) is 0 Å². The summed E-state index contributed by atoms with van der Waals surface area (Å²) in [6, 6.07) is 15.3. The molecule has 34 heavy (non-hydrogen) atoms. The van der Waals surface area contributed by atoms with Crippen molar-refractivity contribution < 1.29 is 14.3 Å². The van der Waals surface area contributed by atoms with Crippen LogP contribution >= 0.6 is 0 Å². The second-order valence-corrected chi connectivity index (χ2v) is 10.6. The zero-order chi connectivity index (χ0) is 23.7. The first-order valence-electron chi connectivity index (χ1n) is 13.2. The van der Waals surface area contributed by atoms with E-state index in [1.165, 1.54) is 41.5 Å². The lowest BCUT2D eigenvalue weighted by molar-refractivity contribution is -0.137. The quantitative estimate of drug-likeness (QED) is 0.340. The van der Waals surface area contributed by atoms with Crippen molar-refractivity contribution in [1.29, 1.82) is 0 Å². The van der Waals surface area contributed by atoms with Crippen LogP contribution in [0.3, 0.4) is 0 Å². The van der Waals surface area contributed by atoms with Gasteiger partial charge in [0.25, 0.3) is 0 Å². The molecule has 0 saturated heterocycles. The molecule has 4 unspecified atom stereocenters. The van der Waals surface area contributed by atoms with Crippen molar-refractivity contribution in [2.45, 2.75) is 78.2 Å². The molecule has 2 aromatic rings. The highest BCUT2D eigenvalue weighted by Crippen LogP contribution is 2.63. The first kappa shape index (κ1) is 23.2. The van der Waals surface area contributed by atoms with Crippen LogP contribution in [0.5, 0.6) is 5.75 Å². The molecule has 3 aliphatic carbocycles. The van der Waals surface area contributed by atoms with E-state index in [0.717, 1.165) is 31.4 Å². The molecule has 0 N–H and O–H groups in total. The largest absolute Gasteiger partial charge is 0.489 e. The van der Waals surface area contributed by atoms with Gasteiger partial charge in [-0.15, -0.1) is 0 Å². The fraction of sp³-hybridized carbons (Fsp3) is 0.516. The minimum absolute atomic E-state index is 0.151. The second kappa shape index (κ2) is 9.60. The molecule has 3 aliphatic rings. The molecule has 0 spiro atoms. The van der Waals surface area contributed by atoms with Crippen molar-refractivity contribution in [3.8, 4) is 5.75 Å². The van der Waals surface area contributed by atoms with Crippen LogP contribution < -0.4 is 4.74 Å². The topological polar surface area (TPSA) is 35.5 Å². The number of carbonyl (C=O) groups is 1. The number of esters is 1. The van der Waals surface area contributed by atoms with Gasteiger partial charge in [0.2, 0.25) is 0 Å². The molecule has 5 rings (SSSR count). The van der Waals surface area contributed by atoms with Gasteiger partial charge in [-0.25, -0.2) is 4.79 Å². The maximum absolute atomic E-state index is 12.2. The lowest BCUT2D eigenvalue weighted by atomic mass is 9.55. The van der Waals surface area contributed by atoms with Crippen LogP contribution in [0.4, 0.5) is 0 Å². The summed E-state index contributed by atoms with van der Waals surface area (Å²) in [5.74, 6) is 2.91. The summed E-state index contributed by atoms with van der Waals surface area (Å²) in [5, 5.41) is 0. The third-order valence-corrected chi connectivity index (χ3v) is 8.95. The SMILES string of the molecule is CCOC(=O)C=C1CCC2C3CCc4cc(OCc5ccccc5)c(CC)cc4C3CCC12C. The molecule has 0 radical (unpaired) electrons. The lowest BCUT2D eigenvalue weighted by Gasteiger charge is -2.49. The van der Waals surface area contributed by atoms with Gasteiger partial charge in [-0.3, -0.25) is 0 Å². The fourth-order valence-corrected chi connectivity index (χ4v) is 7.20. The van der Waals surface area contributed by atoms with Crippen LogP contribution in [0.15, 0.2) is 54.1 Å². The van der Waals surface area contributed by atoms with E-state index in [1.54, 1.807) is 5.56 Å². The first-order chi connectivity index (χ1) is 16.5. The zero-order valence-corrected chi connectivity index (χ0v) is 20.9. The van der Waals surface area contributed by atoms with Crippen molar-refractivity contribution in [2.24, 2.45) is 17.3 Å². The van der Waals surface area contributed by atoms with Crippen LogP contribution in [0, 0.1) is 17.3 Å². The summed E-state index contributed by atoms with van der Waals surface area (Å²) < 4.78 is 11.6. The second-order valence-electron chi connectivity index (χ2n) is 10.6. The van der Waals surface area contributed by atoms with Crippen LogP contribution in [-0.4, -0.2) is 12.6 Å². The highest BCUT2D eigenvalue weighted by atomic mass is 16.5. The number of allylic oxidation sites excluding steroid dienone is 1. The van der Waals surface area contributed by atoms with E-state index >= 15 is 0 Å². The highest BCUT2D eigenvalue weighted by Gasteiger charge is 2.52. The number of aryl methyl sites for hydroxylation is 2. The molecule has 0 amide bonds. The summed E-state index contributed by atoms with van der Waals surface area (Å²) in [6.07, 6.45) is 9.81. The van der Waals surface area contributed by atoms with E-state index in [1.807, 2.05) is 19.1 Å². The van der Waals surface area contributed by atoms with Gasteiger partial charge in [-0.05, 0) is 103 Å². The Balaban J connectivity index is 1.38. The predicted molar refractivity (Wildman–Crippen MR) is 136 cm³/mol. The van der Waals surface area contributed by atoms with Crippen molar-refractivity contribution in [3.05, 3.63) is 76.4 Å². The molecule has 4 atom stereocenters. The molecule has 0 aromatic heterocycles. The standard InChI is InChI=1S/C31H38O3/c1-4-22-17-27-23(18-29(22)34-20-21-9-7-6-8-10-21)11-13-26-25(27)15-16-31(3)24(12-14-28(26)31)19-30(32)33-5-2/h6-10,17-19,25-26,28H,4-5,11-16,20H2,1-3H3. The molecule has 2 saturated carbocycles. The van der Waals surface area contributed by atoms with Gasteiger partial charge in [0.05, 0.1) is 6.61 Å². The van der Waals surface area contributed by atoms with Crippen molar-refractivity contribution in [2.75, 3.05) is 6.61 Å².